The number of hydrogen-bond donors (Lipinski definition) is 1. The van der Waals surface area contributed by atoms with Crippen molar-refractivity contribution in [2.24, 2.45) is 0 Å². The van der Waals surface area contributed by atoms with Gasteiger partial charge in [0.05, 0.1) is 5.69 Å². The first kappa shape index (κ1) is 14.7. The highest BCUT2D eigenvalue weighted by atomic mass is 16.5. The molecular formula is C13H23N3O2. The summed E-state index contributed by atoms with van der Waals surface area (Å²) in [6, 6.07) is 2.07. The van der Waals surface area contributed by atoms with Crippen molar-refractivity contribution in [3.8, 4) is 0 Å². The molecule has 0 radical (unpaired) electrons. The predicted molar refractivity (Wildman–Crippen MR) is 70.5 cm³/mol. The SMILES string of the molecule is CCc1cc(CC)n(CC(=O)NCCCOC)n1. The van der Waals surface area contributed by atoms with Crippen LogP contribution in [0.2, 0.25) is 0 Å². The topological polar surface area (TPSA) is 56.2 Å². The first-order chi connectivity index (χ1) is 8.71. The van der Waals surface area contributed by atoms with Crippen LogP contribution >= 0.6 is 0 Å². The van der Waals surface area contributed by atoms with Crippen LogP contribution in [0.5, 0.6) is 0 Å². The molecule has 0 aliphatic carbocycles. The number of carbonyl (C=O) groups excluding carboxylic acids is 1. The summed E-state index contributed by atoms with van der Waals surface area (Å²) < 4.78 is 6.72. The molecule has 0 atom stereocenters. The largest absolute Gasteiger partial charge is 0.385 e. The van der Waals surface area contributed by atoms with Crippen molar-refractivity contribution in [3.05, 3.63) is 17.5 Å². The van der Waals surface area contributed by atoms with E-state index in [0.717, 1.165) is 30.7 Å². The van der Waals surface area contributed by atoms with Gasteiger partial charge in [-0.25, -0.2) is 0 Å². The molecule has 0 unspecified atom stereocenters. The van der Waals surface area contributed by atoms with Crippen LogP contribution in [0.1, 0.15) is 31.7 Å². The van der Waals surface area contributed by atoms with Crippen molar-refractivity contribution in [3.63, 3.8) is 0 Å². The lowest BCUT2D eigenvalue weighted by Crippen LogP contribution is -2.29. The van der Waals surface area contributed by atoms with E-state index in [9.17, 15) is 4.79 Å². The third-order valence-electron chi connectivity index (χ3n) is 2.78. The predicted octanol–water partition coefficient (Wildman–Crippen LogP) is 1.16. The molecule has 0 saturated heterocycles. The minimum atomic E-state index is 0.00607. The fraction of sp³-hybridized carbons (Fsp3) is 0.692. The molecule has 0 aliphatic heterocycles. The molecule has 0 spiro atoms. The fourth-order valence-electron chi connectivity index (χ4n) is 1.75. The first-order valence-corrected chi connectivity index (χ1v) is 6.52. The molecule has 102 valence electrons. The normalized spacial score (nSPS) is 10.6. The lowest BCUT2D eigenvalue weighted by molar-refractivity contribution is -0.121. The quantitative estimate of drug-likeness (QED) is 0.707. The zero-order valence-corrected chi connectivity index (χ0v) is 11.5. The maximum Gasteiger partial charge on any atom is 0.241 e. The van der Waals surface area contributed by atoms with E-state index in [1.165, 1.54) is 0 Å². The summed E-state index contributed by atoms with van der Waals surface area (Å²) in [6.45, 7) is 5.76. The number of methoxy groups -OCH3 is 1. The molecule has 1 amide bonds. The molecule has 1 heterocycles. The summed E-state index contributed by atoms with van der Waals surface area (Å²) in [5.74, 6) is 0.00607. The third-order valence-corrected chi connectivity index (χ3v) is 2.78. The lowest BCUT2D eigenvalue weighted by Gasteiger charge is -2.07. The standard InChI is InChI=1S/C13H23N3O2/c1-4-11-9-12(5-2)16(15-11)10-13(17)14-7-6-8-18-3/h9H,4-8,10H2,1-3H3,(H,14,17). The van der Waals surface area contributed by atoms with E-state index >= 15 is 0 Å². The van der Waals surface area contributed by atoms with E-state index < -0.39 is 0 Å². The van der Waals surface area contributed by atoms with Crippen molar-refractivity contribution >= 4 is 5.91 Å². The summed E-state index contributed by atoms with van der Waals surface area (Å²) >= 11 is 0. The van der Waals surface area contributed by atoms with Crippen LogP contribution in [0.15, 0.2) is 6.07 Å². The zero-order chi connectivity index (χ0) is 13.4. The average molecular weight is 253 g/mol. The second-order valence-electron chi connectivity index (χ2n) is 4.19. The molecule has 5 nitrogen and oxygen atoms in total. The monoisotopic (exact) mass is 253 g/mol. The minimum Gasteiger partial charge on any atom is -0.385 e. The maximum absolute atomic E-state index is 11.7. The van der Waals surface area contributed by atoms with Crippen molar-refractivity contribution in [1.29, 1.82) is 0 Å². The molecule has 0 saturated carbocycles. The van der Waals surface area contributed by atoms with Crippen molar-refractivity contribution in [2.45, 2.75) is 39.7 Å². The molecule has 1 aromatic heterocycles. The molecule has 0 bridgehead atoms. The van der Waals surface area contributed by atoms with Crippen molar-refractivity contribution in [2.75, 3.05) is 20.3 Å². The summed E-state index contributed by atoms with van der Waals surface area (Å²) in [6.07, 6.45) is 2.63. The highest BCUT2D eigenvalue weighted by Gasteiger charge is 2.08. The van der Waals surface area contributed by atoms with Gasteiger partial charge >= 0.3 is 0 Å². The van der Waals surface area contributed by atoms with Crippen LogP contribution in [0.3, 0.4) is 0 Å². The summed E-state index contributed by atoms with van der Waals surface area (Å²) in [5, 5.41) is 7.28. The number of carbonyl (C=O) groups is 1. The highest BCUT2D eigenvalue weighted by Crippen LogP contribution is 2.06. The maximum atomic E-state index is 11.7. The molecule has 0 fully saturated rings. The summed E-state index contributed by atoms with van der Waals surface area (Å²) in [4.78, 5) is 11.7. The molecule has 1 N–H and O–H groups in total. The lowest BCUT2D eigenvalue weighted by atomic mass is 10.2. The first-order valence-electron chi connectivity index (χ1n) is 6.52. The Morgan fingerprint density at radius 3 is 2.83 bits per heavy atom. The van der Waals surface area contributed by atoms with E-state index in [-0.39, 0.29) is 5.91 Å². The molecule has 0 aromatic carbocycles. The second-order valence-corrected chi connectivity index (χ2v) is 4.19. The van der Waals surface area contributed by atoms with Crippen LogP contribution in [0.4, 0.5) is 0 Å². The Bertz CT molecular complexity index is 374. The van der Waals surface area contributed by atoms with Gasteiger partial charge in [-0.2, -0.15) is 5.10 Å². The van der Waals surface area contributed by atoms with E-state index in [2.05, 4.69) is 30.3 Å². The number of amides is 1. The van der Waals surface area contributed by atoms with Crippen LogP contribution in [-0.2, 0) is 28.9 Å². The van der Waals surface area contributed by atoms with Gasteiger partial charge in [0.2, 0.25) is 5.91 Å². The van der Waals surface area contributed by atoms with Crippen molar-refractivity contribution in [1.82, 2.24) is 15.1 Å². The Labute approximate surface area is 109 Å². The Hall–Kier alpha value is -1.36. The third kappa shape index (κ3) is 4.49. The van der Waals surface area contributed by atoms with Gasteiger partial charge in [-0.05, 0) is 25.3 Å². The van der Waals surface area contributed by atoms with Gasteiger partial charge in [0.25, 0.3) is 0 Å². The Balaban J connectivity index is 2.45. The Kier molecular flexibility index (Phi) is 6.43. The molecule has 0 aliphatic rings. The smallest absolute Gasteiger partial charge is 0.241 e. The second kappa shape index (κ2) is 7.87. The van der Waals surface area contributed by atoms with Crippen LogP contribution < -0.4 is 5.32 Å². The summed E-state index contributed by atoms with van der Waals surface area (Å²) in [5.41, 5.74) is 2.15. The van der Waals surface area contributed by atoms with Crippen LogP contribution in [-0.4, -0.2) is 35.9 Å². The number of aromatic nitrogens is 2. The van der Waals surface area contributed by atoms with Gasteiger partial charge in [-0.3, -0.25) is 9.48 Å². The van der Waals surface area contributed by atoms with Crippen molar-refractivity contribution < 1.29 is 9.53 Å². The van der Waals surface area contributed by atoms with Crippen LogP contribution in [0.25, 0.3) is 0 Å². The van der Waals surface area contributed by atoms with Gasteiger partial charge in [-0.1, -0.05) is 13.8 Å². The molecule has 5 heteroatoms. The minimum absolute atomic E-state index is 0.00607. The van der Waals surface area contributed by atoms with E-state index in [1.54, 1.807) is 11.8 Å². The van der Waals surface area contributed by atoms with Gasteiger partial charge in [0.15, 0.2) is 0 Å². The van der Waals surface area contributed by atoms with Gasteiger partial charge in [0, 0.05) is 26.0 Å². The number of ether oxygens (including phenoxy) is 1. The zero-order valence-electron chi connectivity index (χ0n) is 11.5. The molecular weight excluding hydrogens is 230 g/mol. The van der Waals surface area contributed by atoms with Crippen LogP contribution in [0, 0.1) is 0 Å². The number of nitrogens with one attached hydrogen (secondary N) is 1. The average Bonchev–Trinajstić information content (AvgIpc) is 2.77. The van der Waals surface area contributed by atoms with E-state index in [1.807, 2.05) is 0 Å². The Morgan fingerprint density at radius 2 is 2.22 bits per heavy atom. The molecule has 1 aromatic rings. The molecule has 1 rings (SSSR count). The number of nitrogens with zero attached hydrogens (tertiary/aromatic N) is 2. The highest BCUT2D eigenvalue weighted by molar-refractivity contribution is 5.75. The fourth-order valence-corrected chi connectivity index (χ4v) is 1.75. The Morgan fingerprint density at radius 1 is 1.44 bits per heavy atom. The number of rotatable bonds is 8. The number of hydrogen-bond acceptors (Lipinski definition) is 3. The van der Waals surface area contributed by atoms with Gasteiger partial charge < -0.3 is 10.1 Å². The molecule has 18 heavy (non-hydrogen) atoms. The summed E-state index contributed by atoms with van der Waals surface area (Å²) in [7, 11) is 1.66. The van der Waals surface area contributed by atoms with Gasteiger partial charge in [-0.15, -0.1) is 0 Å². The van der Waals surface area contributed by atoms with Gasteiger partial charge in [0.1, 0.15) is 6.54 Å². The number of aryl methyl sites for hydroxylation is 2. The van der Waals surface area contributed by atoms with E-state index in [4.69, 9.17) is 4.74 Å². The van der Waals surface area contributed by atoms with E-state index in [0.29, 0.717) is 19.7 Å².